The van der Waals surface area contributed by atoms with Gasteiger partial charge in [-0.15, -0.1) is 0 Å². The fourth-order valence-corrected chi connectivity index (χ4v) is 3.19. The summed E-state index contributed by atoms with van der Waals surface area (Å²) < 4.78 is 74.3. The zero-order chi connectivity index (χ0) is 16.5. The molecule has 0 unspecified atom stereocenters. The summed E-state index contributed by atoms with van der Waals surface area (Å²) in [7, 11) is -8.08. The normalized spacial score (nSPS) is 12.1. The number of sulfonamides is 2. The predicted octanol–water partition coefficient (Wildman–Crippen LogP) is 1.41. The van der Waals surface area contributed by atoms with Gasteiger partial charge in [-0.2, -0.15) is 0 Å². The van der Waals surface area contributed by atoms with E-state index >= 15 is 0 Å². The first-order chi connectivity index (χ1) is 10.1. The molecule has 2 rings (SSSR count). The number of nitrogens with two attached hydrogens (primary N) is 1. The van der Waals surface area contributed by atoms with Gasteiger partial charge < -0.3 is 0 Å². The zero-order valence-corrected chi connectivity index (χ0v) is 12.5. The van der Waals surface area contributed by atoms with Crippen LogP contribution in [0, 0.1) is 11.6 Å². The lowest BCUT2D eigenvalue weighted by atomic mass is 10.3. The van der Waals surface area contributed by atoms with Crippen molar-refractivity contribution in [3.8, 4) is 0 Å². The van der Waals surface area contributed by atoms with Crippen molar-refractivity contribution in [1.29, 1.82) is 0 Å². The monoisotopic (exact) mass is 348 g/mol. The lowest BCUT2D eigenvalue weighted by Gasteiger charge is -2.09. The summed E-state index contributed by atoms with van der Waals surface area (Å²) in [6.07, 6.45) is 0. The van der Waals surface area contributed by atoms with Crippen molar-refractivity contribution >= 4 is 25.7 Å². The standard InChI is InChI=1S/C12H10F2N2O4S2/c13-8-5-9(14)7-10(6-8)16-22(19,20)12-3-1-11(2-4-12)21(15,17)18/h1-7,16H,(H2,15,17,18). The van der Waals surface area contributed by atoms with Crippen molar-refractivity contribution in [2.45, 2.75) is 9.79 Å². The van der Waals surface area contributed by atoms with Gasteiger partial charge in [-0.05, 0) is 36.4 Å². The van der Waals surface area contributed by atoms with Crippen LogP contribution in [0.1, 0.15) is 0 Å². The Hall–Kier alpha value is -2.04. The number of hydrogen-bond donors (Lipinski definition) is 2. The Morgan fingerprint density at radius 2 is 1.27 bits per heavy atom. The van der Waals surface area contributed by atoms with E-state index in [1.165, 1.54) is 0 Å². The Balaban J connectivity index is 2.34. The smallest absolute Gasteiger partial charge is 0.261 e. The summed E-state index contributed by atoms with van der Waals surface area (Å²) in [5, 5.41) is 4.90. The average molecular weight is 348 g/mol. The molecular formula is C12H10F2N2O4S2. The first-order valence-electron chi connectivity index (χ1n) is 5.70. The van der Waals surface area contributed by atoms with Gasteiger partial charge in [-0.1, -0.05) is 0 Å². The molecule has 0 bridgehead atoms. The summed E-state index contributed by atoms with van der Waals surface area (Å²) in [5.41, 5.74) is -0.298. The van der Waals surface area contributed by atoms with Crippen LogP contribution in [0.5, 0.6) is 0 Å². The van der Waals surface area contributed by atoms with Crippen molar-refractivity contribution in [2.75, 3.05) is 4.72 Å². The first-order valence-corrected chi connectivity index (χ1v) is 8.73. The maximum absolute atomic E-state index is 13.0. The van der Waals surface area contributed by atoms with E-state index < -0.39 is 31.7 Å². The molecule has 2 aromatic rings. The van der Waals surface area contributed by atoms with Crippen LogP contribution in [0.3, 0.4) is 0 Å². The van der Waals surface area contributed by atoms with Crippen molar-refractivity contribution in [2.24, 2.45) is 5.14 Å². The van der Waals surface area contributed by atoms with Crippen LogP contribution in [-0.4, -0.2) is 16.8 Å². The molecule has 0 heterocycles. The van der Waals surface area contributed by atoms with E-state index in [-0.39, 0.29) is 15.5 Å². The summed E-state index contributed by atoms with van der Waals surface area (Å²) >= 11 is 0. The Kier molecular flexibility index (Phi) is 4.18. The zero-order valence-electron chi connectivity index (χ0n) is 10.8. The second kappa shape index (κ2) is 5.63. The summed E-state index contributed by atoms with van der Waals surface area (Å²) in [4.78, 5) is -0.548. The van der Waals surface area contributed by atoms with Crippen LogP contribution >= 0.6 is 0 Å². The van der Waals surface area contributed by atoms with E-state index in [0.717, 1.165) is 36.4 Å². The van der Waals surface area contributed by atoms with E-state index in [2.05, 4.69) is 0 Å². The third-order valence-electron chi connectivity index (χ3n) is 2.58. The number of halogens is 2. The fraction of sp³-hybridized carbons (Fsp3) is 0. The molecule has 10 heteroatoms. The van der Waals surface area contributed by atoms with E-state index in [1.807, 2.05) is 4.72 Å². The molecule has 0 saturated carbocycles. The summed E-state index contributed by atoms with van der Waals surface area (Å²) in [5.74, 6) is -1.88. The third-order valence-corrected chi connectivity index (χ3v) is 4.90. The summed E-state index contributed by atoms with van der Waals surface area (Å²) in [6.45, 7) is 0. The van der Waals surface area contributed by atoms with E-state index in [1.54, 1.807) is 0 Å². The highest BCUT2D eigenvalue weighted by atomic mass is 32.2. The molecule has 118 valence electrons. The maximum atomic E-state index is 13.0. The predicted molar refractivity (Wildman–Crippen MR) is 75.0 cm³/mol. The molecule has 0 saturated heterocycles. The Bertz CT molecular complexity index is 890. The van der Waals surface area contributed by atoms with E-state index in [4.69, 9.17) is 5.14 Å². The Morgan fingerprint density at radius 1 is 0.818 bits per heavy atom. The van der Waals surface area contributed by atoms with Gasteiger partial charge in [-0.25, -0.2) is 30.8 Å². The van der Waals surface area contributed by atoms with Gasteiger partial charge in [0.1, 0.15) is 11.6 Å². The molecule has 0 spiro atoms. The third kappa shape index (κ3) is 3.78. The Morgan fingerprint density at radius 3 is 1.73 bits per heavy atom. The molecule has 0 fully saturated rings. The van der Waals surface area contributed by atoms with Gasteiger partial charge in [-0.3, -0.25) is 4.72 Å². The molecule has 0 amide bonds. The molecule has 0 atom stereocenters. The molecule has 2 aromatic carbocycles. The van der Waals surface area contributed by atoms with Gasteiger partial charge in [0.25, 0.3) is 10.0 Å². The molecule has 3 N–H and O–H groups in total. The largest absolute Gasteiger partial charge is 0.279 e. The molecule has 0 radical (unpaired) electrons. The molecule has 0 aliphatic rings. The molecule has 0 aliphatic heterocycles. The van der Waals surface area contributed by atoms with Crippen LogP contribution in [-0.2, 0) is 20.0 Å². The average Bonchev–Trinajstić information content (AvgIpc) is 2.36. The minimum atomic E-state index is -4.13. The molecule has 22 heavy (non-hydrogen) atoms. The minimum absolute atomic E-state index is 0.261. The van der Waals surface area contributed by atoms with Crippen molar-refractivity contribution in [3.05, 3.63) is 54.1 Å². The van der Waals surface area contributed by atoms with Gasteiger partial charge in [0.15, 0.2) is 0 Å². The lowest BCUT2D eigenvalue weighted by molar-refractivity contribution is 0.584. The minimum Gasteiger partial charge on any atom is -0.279 e. The van der Waals surface area contributed by atoms with Crippen LogP contribution < -0.4 is 9.86 Å². The summed E-state index contributed by atoms with van der Waals surface area (Å²) in [6, 6.07) is 6.25. The Labute approximate surface area is 125 Å². The van der Waals surface area contributed by atoms with Crippen LogP contribution in [0.4, 0.5) is 14.5 Å². The first kappa shape index (κ1) is 16.3. The molecular weight excluding hydrogens is 338 g/mol. The van der Waals surface area contributed by atoms with E-state index in [0.29, 0.717) is 6.07 Å². The highest BCUT2D eigenvalue weighted by Gasteiger charge is 2.16. The van der Waals surface area contributed by atoms with Crippen molar-refractivity contribution < 1.29 is 25.6 Å². The molecule has 0 aliphatic carbocycles. The van der Waals surface area contributed by atoms with E-state index in [9.17, 15) is 25.6 Å². The van der Waals surface area contributed by atoms with Crippen molar-refractivity contribution in [3.63, 3.8) is 0 Å². The van der Waals surface area contributed by atoms with Crippen LogP contribution in [0.15, 0.2) is 52.3 Å². The quantitative estimate of drug-likeness (QED) is 0.871. The maximum Gasteiger partial charge on any atom is 0.261 e. The van der Waals surface area contributed by atoms with Gasteiger partial charge in [0, 0.05) is 6.07 Å². The number of nitrogens with one attached hydrogen (secondary N) is 1. The fourth-order valence-electron chi connectivity index (χ4n) is 1.64. The van der Waals surface area contributed by atoms with Gasteiger partial charge in [0.2, 0.25) is 10.0 Å². The second-order valence-electron chi connectivity index (χ2n) is 4.28. The van der Waals surface area contributed by atoms with Crippen LogP contribution in [0.25, 0.3) is 0 Å². The number of anilines is 1. The number of primary sulfonamides is 1. The SMILES string of the molecule is NS(=O)(=O)c1ccc(S(=O)(=O)Nc2cc(F)cc(F)c2)cc1. The number of hydrogen-bond acceptors (Lipinski definition) is 4. The lowest BCUT2D eigenvalue weighted by Crippen LogP contribution is -2.15. The number of benzene rings is 2. The van der Waals surface area contributed by atoms with Gasteiger partial charge >= 0.3 is 0 Å². The van der Waals surface area contributed by atoms with Crippen LogP contribution in [0.2, 0.25) is 0 Å². The highest BCUT2D eigenvalue weighted by molar-refractivity contribution is 7.92. The van der Waals surface area contributed by atoms with Crippen molar-refractivity contribution in [1.82, 2.24) is 0 Å². The highest BCUT2D eigenvalue weighted by Crippen LogP contribution is 2.19. The number of rotatable bonds is 4. The second-order valence-corrected chi connectivity index (χ2v) is 7.52. The molecule has 0 aromatic heterocycles. The van der Waals surface area contributed by atoms with Gasteiger partial charge in [0.05, 0.1) is 15.5 Å². The molecule has 6 nitrogen and oxygen atoms in total. The topological polar surface area (TPSA) is 106 Å².